The van der Waals surface area contributed by atoms with Crippen LogP contribution >= 0.6 is 0 Å². The Kier molecular flexibility index (Phi) is 10.2. The van der Waals surface area contributed by atoms with Crippen LogP contribution in [-0.4, -0.2) is 53.1 Å². The van der Waals surface area contributed by atoms with Crippen LogP contribution in [-0.2, 0) is 11.2 Å². The molecular weight excluding hydrogens is 484 g/mol. The minimum Gasteiger partial charge on any atom is -0.493 e. The number of hydrogen-bond acceptors (Lipinski definition) is 5. The predicted octanol–water partition coefficient (Wildman–Crippen LogP) is 5.79. The van der Waals surface area contributed by atoms with Gasteiger partial charge in [0, 0.05) is 6.54 Å². The monoisotopic (exact) mass is 524 g/mol. The van der Waals surface area contributed by atoms with Crippen LogP contribution in [0, 0.1) is 0 Å². The highest BCUT2D eigenvalue weighted by Crippen LogP contribution is 2.37. The molecule has 0 bridgehead atoms. The minimum atomic E-state index is -1.22. The van der Waals surface area contributed by atoms with Gasteiger partial charge in [-0.15, -0.1) is 0 Å². The molecule has 0 spiro atoms. The number of carbonyl (C=O) groups is 3. The number of amides is 2. The van der Waals surface area contributed by atoms with Gasteiger partial charge in [0.15, 0.2) is 5.78 Å². The highest BCUT2D eigenvalue weighted by molar-refractivity contribution is 5.99. The van der Waals surface area contributed by atoms with Crippen molar-refractivity contribution >= 4 is 17.8 Å². The highest BCUT2D eigenvalue weighted by atomic mass is 16.5. The first-order valence-corrected chi connectivity index (χ1v) is 13.5. The molecule has 1 atom stereocenters. The summed E-state index contributed by atoms with van der Waals surface area (Å²) in [6, 6.07) is 12.9. The van der Waals surface area contributed by atoms with Gasteiger partial charge in [-0.1, -0.05) is 30.3 Å². The van der Waals surface area contributed by atoms with Crippen LogP contribution in [0.4, 0.5) is 4.79 Å². The topological polar surface area (TPSA) is 105 Å². The number of aryl methyl sites for hydroxylation is 1. The number of rotatable bonds is 14. The standard InChI is InChI=1S/C30H40N2O6/c1-5-37-25-19-24(20-26(38-6-2)27(25)22(4)33)21(3)32(18-11-10-15-23-13-8-7-9-14-23)29(36)31-30(28(34)35)16-12-17-30/h7-9,13-14,19-21H,5-6,10-12,15-18H2,1-4H3,(H,31,36)(H,34,35)/t21-/m1/s1. The summed E-state index contributed by atoms with van der Waals surface area (Å²) in [5.41, 5.74) is 1.14. The summed E-state index contributed by atoms with van der Waals surface area (Å²) in [7, 11) is 0. The molecule has 0 heterocycles. The molecule has 2 aromatic carbocycles. The summed E-state index contributed by atoms with van der Waals surface area (Å²) < 4.78 is 11.6. The third-order valence-electron chi connectivity index (χ3n) is 7.17. The zero-order valence-corrected chi connectivity index (χ0v) is 22.9. The van der Waals surface area contributed by atoms with E-state index in [-0.39, 0.29) is 5.78 Å². The fraction of sp³-hybridized carbons (Fsp3) is 0.500. The number of hydrogen-bond donors (Lipinski definition) is 2. The van der Waals surface area contributed by atoms with Crippen molar-refractivity contribution in [3.8, 4) is 11.5 Å². The number of carboxylic acid groups (broad SMARTS) is 1. The first kappa shape index (κ1) is 29.0. The van der Waals surface area contributed by atoms with E-state index in [1.165, 1.54) is 12.5 Å². The van der Waals surface area contributed by atoms with Gasteiger partial charge >= 0.3 is 12.0 Å². The molecule has 1 fully saturated rings. The number of ketones is 1. The number of nitrogens with zero attached hydrogens (tertiary/aromatic N) is 1. The maximum atomic E-state index is 13.6. The van der Waals surface area contributed by atoms with E-state index in [1.807, 2.05) is 39.0 Å². The Bertz CT molecular complexity index is 1090. The highest BCUT2D eigenvalue weighted by Gasteiger charge is 2.46. The molecule has 2 aromatic rings. The molecule has 0 radical (unpaired) electrons. The number of benzene rings is 2. The molecule has 0 aromatic heterocycles. The van der Waals surface area contributed by atoms with Gasteiger partial charge in [-0.05, 0) is 89.5 Å². The number of nitrogens with one attached hydrogen (secondary N) is 1. The average Bonchev–Trinajstić information content (AvgIpc) is 2.86. The number of carboxylic acids is 1. The number of aliphatic carboxylic acids is 1. The first-order valence-electron chi connectivity index (χ1n) is 13.5. The van der Waals surface area contributed by atoms with Gasteiger partial charge in [-0.3, -0.25) is 4.79 Å². The number of ether oxygens (including phenoxy) is 2. The molecule has 206 valence electrons. The summed E-state index contributed by atoms with van der Waals surface area (Å²) in [5.74, 6) is -0.340. The second kappa shape index (κ2) is 13.3. The van der Waals surface area contributed by atoms with E-state index in [2.05, 4.69) is 17.4 Å². The molecule has 1 saturated carbocycles. The number of carbonyl (C=O) groups excluding carboxylic acids is 2. The van der Waals surface area contributed by atoms with Crippen LogP contribution in [0.1, 0.15) is 87.3 Å². The van der Waals surface area contributed by atoms with Crippen LogP contribution in [0.3, 0.4) is 0 Å². The quantitative estimate of drug-likeness (QED) is 0.239. The molecule has 8 heteroatoms. The fourth-order valence-corrected chi connectivity index (χ4v) is 4.84. The molecule has 1 aliphatic carbocycles. The maximum Gasteiger partial charge on any atom is 0.329 e. The summed E-state index contributed by atoms with van der Waals surface area (Å²) in [6.07, 6.45) is 4.11. The van der Waals surface area contributed by atoms with Crippen LogP contribution < -0.4 is 14.8 Å². The predicted molar refractivity (Wildman–Crippen MR) is 146 cm³/mol. The molecule has 2 N–H and O–H groups in total. The largest absolute Gasteiger partial charge is 0.493 e. The summed E-state index contributed by atoms with van der Waals surface area (Å²) >= 11 is 0. The lowest BCUT2D eigenvalue weighted by molar-refractivity contribution is -0.148. The lowest BCUT2D eigenvalue weighted by Crippen LogP contribution is -2.61. The zero-order valence-electron chi connectivity index (χ0n) is 22.9. The normalized spacial score (nSPS) is 14.6. The number of unbranched alkanes of at least 4 members (excludes halogenated alkanes) is 1. The Morgan fingerprint density at radius 2 is 1.63 bits per heavy atom. The number of Topliss-reactive ketones (excluding diaryl/α,β-unsaturated/α-hetero) is 1. The molecule has 8 nitrogen and oxygen atoms in total. The van der Waals surface area contributed by atoms with Crippen LogP contribution in [0.15, 0.2) is 42.5 Å². The Morgan fingerprint density at radius 1 is 1.03 bits per heavy atom. The first-order chi connectivity index (χ1) is 18.2. The van der Waals surface area contributed by atoms with Gasteiger partial charge in [0.05, 0.1) is 19.3 Å². The van der Waals surface area contributed by atoms with Gasteiger partial charge in [0.25, 0.3) is 0 Å². The van der Waals surface area contributed by atoms with Crippen molar-refractivity contribution in [3.05, 3.63) is 59.2 Å². The van der Waals surface area contributed by atoms with E-state index in [4.69, 9.17) is 9.47 Å². The van der Waals surface area contributed by atoms with E-state index < -0.39 is 23.6 Å². The second-order valence-corrected chi connectivity index (χ2v) is 9.80. The van der Waals surface area contributed by atoms with Crippen molar-refractivity contribution < 1.29 is 29.0 Å². The molecule has 38 heavy (non-hydrogen) atoms. The molecule has 1 aliphatic rings. The smallest absolute Gasteiger partial charge is 0.329 e. The molecular formula is C30H40N2O6. The van der Waals surface area contributed by atoms with E-state index in [0.717, 1.165) is 31.2 Å². The van der Waals surface area contributed by atoms with Crippen molar-refractivity contribution in [2.45, 2.75) is 77.8 Å². The summed E-state index contributed by atoms with van der Waals surface area (Å²) in [5, 5.41) is 12.6. The van der Waals surface area contributed by atoms with E-state index in [9.17, 15) is 19.5 Å². The van der Waals surface area contributed by atoms with Crippen molar-refractivity contribution in [1.29, 1.82) is 0 Å². The summed E-state index contributed by atoms with van der Waals surface area (Å²) in [6.45, 7) is 8.24. The third-order valence-corrected chi connectivity index (χ3v) is 7.17. The van der Waals surface area contributed by atoms with E-state index in [0.29, 0.717) is 49.7 Å². The van der Waals surface area contributed by atoms with Crippen LogP contribution in [0.25, 0.3) is 0 Å². The Balaban J connectivity index is 1.89. The van der Waals surface area contributed by atoms with Gasteiger partial charge in [-0.25, -0.2) is 9.59 Å². The molecule has 2 amide bonds. The van der Waals surface area contributed by atoms with Gasteiger partial charge in [0.1, 0.15) is 22.6 Å². The second-order valence-electron chi connectivity index (χ2n) is 9.80. The van der Waals surface area contributed by atoms with Crippen LogP contribution in [0.2, 0.25) is 0 Å². The SMILES string of the molecule is CCOc1cc([C@@H](C)N(CCCCc2ccccc2)C(=O)NC2(C(=O)O)CCC2)cc(OCC)c1C(C)=O. The van der Waals surface area contributed by atoms with Crippen molar-refractivity contribution in [1.82, 2.24) is 10.2 Å². The third kappa shape index (κ3) is 6.85. The molecule has 0 saturated heterocycles. The van der Waals surface area contributed by atoms with Crippen molar-refractivity contribution in [3.63, 3.8) is 0 Å². The molecule has 0 aliphatic heterocycles. The zero-order chi connectivity index (χ0) is 27.7. The lowest BCUT2D eigenvalue weighted by Gasteiger charge is -2.41. The Hall–Kier alpha value is -3.55. The minimum absolute atomic E-state index is 0.167. The summed E-state index contributed by atoms with van der Waals surface area (Å²) in [4.78, 5) is 39.6. The number of urea groups is 1. The maximum absolute atomic E-state index is 13.6. The van der Waals surface area contributed by atoms with Crippen molar-refractivity contribution in [2.24, 2.45) is 0 Å². The van der Waals surface area contributed by atoms with Gasteiger partial charge in [0.2, 0.25) is 0 Å². The van der Waals surface area contributed by atoms with Crippen LogP contribution in [0.5, 0.6) is 11.5 Å². The van der Waals surface area contributed by atoms with Gasteiger partial charge < -0.3 is 24.8 Å². The molecule has 0 unspecified atom stereocenters. The fourth-order valence-electron chi connectivity index (χ4n) is 4.84. The lowest BCUT2D eigenvalue weighted by atomic mass is 9.77. The molecule has 3 rings (SSSR count). The average molecular weight is 525 g/mol. The van der Waals surface area contributed by atoms with Gasteiger partial charge in [-0.2, -0.15) is 0 Å². The van der Waals surface area contributed by atoms with E-state index in [1.54, 1.807) is 17.0 Å². The van der Waals surface area contributed by atoms with E-state index >= 15 is 0 Å². The Labute approximate surface area is 225 Å². The van der Waals surface area contributed by atoms with Crippen molar-refractivity contribution in [2.75, 3.05) is 19.8 Å². The Morgan fingerprint density at radius 3 is 2.11 bits per heavy atom.